The molecule has 10 heteroatoms. The van der Waals surface area contributed by atoms with Gasteiger partial charge in [-0.3, -0.25) is 14.2 Å². The zero-order valence-corrected chi connectivity index (χ0v) is 54.9. The lowest BCUT2D eigenvalue weighted by Gasteiger charge is -2.30. The van der Waals surface area contributed by atoms with E-state index in [1.807, 2.05) is 33.3 Å². The van der Waals surface area contributed by atoms with Crippen LogP contribution in [0, 0.1) is 0 Å². The first-order valence-electron chi connectivity index (χ1n) is 34.8. The molecule has 80 heavy (non-hydrogen) atoms. The number of carbonyl (C=O) groups is 2. The average Bonchev–Trinajstić information content (AvgIpc) is 3.42. The molecule has 9 nitrogen and oxygen atoms in total. The van der Waals surface area contributed by atoms with Crippen molar-refractivity contribution in [2.24, 2.45) is 0 Å². The van der Waals surface area contributed by atoms with Crippen LogP contribution in [0.25, 0.3) is 0 Å². The molecule has 3 atom stereocenters. The number of phosphoric ester groups is 1. The molecule has 0 aliphatic carbocycles. The standard InChI is InChI=1S/C70H135N2O7P/c1-7-10-13-16-19-22-25-28-30-31-32-33-34-35-36-37-38-39-40-41-42-45-48-51-54-57-60-63-70(74)79-68(61-58-55-52-49-46-43-27-24-21-18-15-12-9-3)67(66-78-80(75,76)77-65-64-72(4,5)6)71-69(73)62-59-56-53-50-47-44-29-26-23-20-17-14-11-8-2/h28,30,44,47,58,61,67-68H,7-27,29,31-43,45-46,48-57,59-60,62-66H2,1-6H3,(H-,71,73,75,76)/b30-28+,47-44-,61-58-. The number of carbonyl (C=O) groups excluding carboxylic acids is 2. The van der Waals surface area contributed by atoms with Gasteiger partial charge in [0.15, 0.2) is 0 Å². The van der Waals surface area contributed by atoms with Crippen LogP contribution in [0.3, 0.4) is 0 Å². The number of rotatable bonds is 64. The van der Waals surface area contributed by atoms with Gasteiger partial charge in [-0.1, -0.05) is 289 Å². The molecule has 0 heterocycles. The molecule has 1 N–H and O–H groups in total. The Hall–Kier alpha value is -1.77. The van der Waals surface area contributed by atoms with E-state index in [0.29, 0.717) is 17.4 Å². The lowest BCUT2D eigenvalue weighted by Crippen LogP contribution is -2.47. The minimum atomic E-state index is -4.70. The van der Waals surface area contributed by atoms with Crippen LogP contribution in [0.1, 0.15) is 348 Å². The van der Waals surface area contributed by atoms with Gasteiger partial charge >= 0.3 is 5.97 Å². The fourth-order valence-electron chi connectivity index (χ4n) is 10.4. The van der Waals surface area contributed by atoms with Crippen LogP contribution in [0.2, 0.25) is 0 Å². The van der Waals surface area contributed by atoms with E-state index in [9.17, 15) is 19.0 Å². The topological polar surface area (TPSA) is 114 Å². The predicted molar refractivity (Wildman–Crippen MR) is 344 cm³/mol. The van der Waals surface area contributed by atoms with Crippen molar-refractivity contribution in [1.82, 2.24) is 5.32 Å². The number of hydrogen-bond donors (Lipinski definition) is 1. The van der Waals surface area contributed by atoms with Crippen molar-refractivity contribution in [2.75, 3.05) is 40.9 Å². The molecule has 0 aromatic rings. The Bertz CT molecular complexity index is 1460. The number of ether oxygens (including phenoxy) is 1. The lowest BCUT2D eigenvalue weighted by molar-refractivity contribution is -0.870. The molecule has 0 rings (SSSR count). The molecule has 0 aromatic carbocycles. The molecule has 0 fully saturated rings. The van der Waals surface area contributed by atoms with Crippen LogP contribution < -0.4 is 10.2 Å². The first-order valence-corrected chi connectivity index (χ1v) is 36.3. The van der Waals surface area contributed by atoms with Crippen LogP contribution in [-0.4, -0.2) is 69.4 Å². The number of unbranched alkanes of at least 4 members (excludes halogenated alkanes) is 44. The summed E-state index contributed by atoms with van der Waals surface area (Å²) >= 11 is 0. The van der Waals surface area contributed by atoms with Crippen LogP contribution in [0.4, 0.5) is 0 Å². The maximum Gasteiger partial charge on any atom is 0.306 e. The molecule has 0 aliphatic heterocycles. The average molecular weight is 1150 g/mol. The molecular weight excluding hydrogens is 1010 g/mol. The Morgan fingerprint density at radius 3 is 1.07 bits per heavy atom. The zero-order chi connectivity index (χ0) is 58.6. The third-order valence-electron chi connectivity index (χ3n) is 15.8. The first-order chi connectivity index (χ1) is 38.9. The van der Waals surface area contributed by atoms with Gasteiger partial charge in [0.1, 0.15) is 19.3 Å². The molecular formula is C70H135N2O7P. The van der Waals surface area contributed by atoms with Gasteiger partial charge in [-0.15, -0.1) is 0 Å². The molecule has 0 aromatic heterocycles. The van der Waals surface area contributed by atoms with Crippen LogP contribution in [-0.2, 0) is 27.9 Å². The summed E-state index contributed by atoms with van der Waals surface area (Å²) in [5, 5.41) is 3.03. The van der Waals surface area contributed by atoms with Crippen molar-refractivity contribution >= 4 is 19.7 Å². The number of allylic oxidation sites excluding steroid dienone is 5. The van der Waals surface area contributed by atoms with Crippen LogP contribution >= 0.6 is 7.82 Å². The van der Waals surface area contributed by atoms with Gasteiger partial charge in [0.05, 0.1) is 33.8 Å². The molecule has 1 amide bonds. The third kappa shape index (κ3) is 60.8. The van der Waals surface area contributed by atoms with Crippen molar-refractivity contribution < 1.29 is 37.3 Å². The van der Waals surface area contributed by atoms with E-state index < -0.39 is 20.0 Å². The Morgan fingerprint density at radius 1 is 0.425 bits per heavy atom. The van der Waals surface area contributed by atoms with E-state index in [-0.39, 0.29) is 31.5 Å². The number of amides is 1. The Balaban J connectivity index is 5.01. The summed E-state index contributed by atoms with van der Waals surface area (Å²) < 4.78 is 30.4. The number of phosphoric acid groups is 1. The smallest absolute Gasteiger partial charge is 0.306 e. The molecule has 0 bridgehead atoms. The second-order valence-corrected chi connectivity index (χ2v) is 26.4. The maximum atomic E-state index is 13.5. The third-order valence-corrected chi connectivity index (χ3v) is 16.8. The van der Waals surface area contributed by atoms with Crippen molar-refractivity contribution in [1.29, 1.82) is 0 Å². The molecule has 3 unspecified atom stereocenters. The quantitative estimate of drug-likeness (QED) is 0.0212. The first kappa shape index (κ1) is 78.2. The van der Waals surface area contributed by atoms with E-state index in [1.54, 1.807) is 0 Å². The molecule has 0 saturated carbocycles. The van der Waals surface area contributed by atoms with Gasteiger partial charge in [-0.25, -0.2) is 0 Å². The predicted octanol–water partition coefficient (Wildman–Crippen LogP) is 21.2. The number of hydrogen-bond acceptors (Lipinski definition) is 7. The van der Waals surface area contributed by atoms with Gasteiger partial charge in [0.2, 0.25) is 5.91 Å². The van der Waals surface area contributed by atoms with Gasteiger partial charge in [0.25, 0.3) is 7.82 Å². The SMILES string of the molecule is CCCCCCCC/C=C/CCCCCCCCCCCCCCCCCCCC(=O)OC(/C=C\CCCCCCCCCCCCC)C(COP(=O)([O-])OCC[N+](C)(C)C)NC(=O)CCCCC/C=C\CCCCCCCCC. The van der Waals surface area contributed by atoms with E-state index in [0.717, 1.165) is 70.6 Å². The summed E-state index contributed by atoms with van der Waals surface area (Å²) in [7, 11) is 1.19. The maximum absolute atomic E-state index is 13.5. The summed E-state index contributed by atoms with van der Waals surface area (Å²) in [6, 6.07) is -0.893. The van der Waals surface area contributed by atoms with Crippen LogP contribution in [0.5, 0.6) is 0 Å². The minimum Gasteiger partial charge on any atom is -0.756 e. The number of nitrogens with zero attached hydrogens (tertiary/aromatic N) is 1. The van der Waals surface area contributed by atoms with Gasteiger partial charge in [-0.2, -0.15) is 0 Å². The van der Waals surface area contributed by atoms with Gasteiger partial charge in [0, 0.05) is 12.8 Å². The summed E-state index contributed by atoms with van der Waals surface area (Å²) in [5.41, 5.74) is 0. The van der Waals surface area contributed by atoms with Gasteiger partial charge < -0.3 is 28.5 Å². The number of likely N-dealkylation sites (N-methyl/N-ethyl adjacent to an activating group) is 1. The van der Waals surface area contributed by atoms with E-state index in [4.69, 9.17) is 13.8 Å². The zero-order valence-electron chi connectivity index (χ0n) is 54.1. The second-order valence-electron chi connectivity index (χ2n) is 25.0. The normalized spacial score (nSPS) is 13.7. The number of quaternary nitrogens is 1. The summed E-state index contributed by atoms with van der Waals surface area (Å²) in [5.74, 6) is -0.543. The van der Waals surface area contributed by atoms with Crippen LogP contribution in [0.15, 0.2) is 36.5 Å². The Morgan fingerprint density at radius 2 is 0.725 bits per heavy atom. The van der Waals surface area contributed by atoms with Crippen molar-refractivity contribution in [2.45, 2.75) is 360 Å². The molecule has 0 radical (unpaired) electrons. The molecule has 0 aliphatic rings. The van der Waals surface area contributed by atoms with Crippen molar-refractivity contribution in [3.63, 3.8) is 0 Å². The highest BCUT2D eigenvalue weighted by Gasteiger charge is 2.27. The van der Waals surface area contributed by atoms with Gasteiger partial charge in [-0.05, 0) is 83.1 Å². The minimum absolute atomic E-state index is 0.0224. The van der Waals surface area contributed by atoms with Crippen molar-refractivity contribution in [3.05, 3.63) is 36.5 Å². The molecule has 472 valence electrons. The Labute approximate surface area is 497 Å². The second kappa shape index (κ2) is 60.4. The van der Waals surface area contributed by atoms with Crippen molar-refractivity contribution in [3.8, 4) is 0 Å². The highest BCUT2D eigenvalue weighted by atomic mass is 31.2. The van der Waals surface area contributed by atoms with E-state index in [2.05, 4.69) is 50.4 Å². The summed E-state index contributed by atoms with van der Waals surface area (Å²) in [6.07, 6.45) is 74.2. The fourth-order valence-corrected chi connectivity index (χ4v) is 11.1. The fraction of sp³-hybridized carbons (Fsp3) is 0.886. The highest BCUT2D eigenvalue weighted by Crippen LogP contribution is 2.38. The number of nitrogens with one attached hydrogen (secondary N) is 1. The Kier molecular flexibility index (Phi) is 59.0. The number of esters is 1. The largest absolute Gasteiger partial charge is 0.756 e. The summed E-state index contributed by atoms with van der Waals surface area (Å²) in [4.78, 5) is 40.1. The molecule has 0 spiro atoms. The van der Waals surface area contributed by atoms with E-state index >= 15 is 0 Å². The van der Waals surface area contributed by atoms with E-state index in [1.165, 1.54) is 244 Å². The lowest BCUT2D eigenvalue weighted by atomic mass is 10.0. The monoisotopic (exact) mass is 1150 g/mol. The summed E-state index contributed by atoms with van der Waals surface area (Å²) in [6.45, 7) is 6.87. The highest BCUT2D eigenvalue weighted by molar-refractivity contribution is 7.45. The molecule has 0 saturated heterocycles.